The van der Waals surface area contributed by atoms with Crippen molar-refractivity contribution in [3.63, 3.8) is 0 Å². The van der Waals surface area contributed by atoms with Crippen molar-refractivity contribution in [2.75, 3.05) is 31.7 Å². The van der Waals surface area contributed by atoms with Crippen LogP contribution in [0.5, 0.6) is 5.88 Å². The van der Waals surface area contributed by atoms with Crippen molar-refractivity contribution in [2.24, 2.45) is 0 Å². The molecule has 4 rings (SSSR count). The second-order valence-corrected chi connectivity index (χ2v) is 7.44. The predicted octanol–water partition coefficient (Wildman–Crippen LogP) is 3.66. The van der Waals surface area contributed by atoms with Crippen LogP contribution < -0.4 is 15.0 Å². The van der Waals surface area contributed by atoms with E-state index >= 15 is 0 Å². The van der Waals surface area contributed by atoms with Gasteiger partial charge in [-0.15, -0.1) is 0 Å². The number of carbonyl (C=O) groups is 1. The molecule has 0 unspecified atom stereocenters. The highest BCUT2D eigenvalue weighted by atomic mass is 19.1. The molecule has 2 heterocycles. The van der Waals surface area contributed by atoms with Crippen LogP contribution >= 0.6 is 0 Å². The Kier molecular flexibility index (Phi) is 6.91. The SMILES string of the molecule is COCCCNC(=O)c1cnc(N2CCc3ccccc32)nc1OCc1ccc(F)cc1. The Hall–Kier alpha value is -3.52. The molecule has 0 radical (unpaired) electrons. The quantitative estimate of drug-likeness (QED) is 0.516. The van der Waals surface area contributed by atoms with E-state index in [-0.39, 0.29) is 29.8 Å². The van der Waals surface area contributed by atoms with Crippen LogP contribution in [0.25, 0.3) is 0 Å². The van der Waals surface area contributed by atoms with Gasteiger partial charge in [0, 0.05) is 38.7 Å². The van der Waals surface area contributed by atoms with Crippen molar-refractivity contribution in [1.29, 1.82) is 0 Å². The number of hydrogen-bond donors (Lipinski definition) is 1. The molecule has 1 aliphatic heterocycles. The molecule has 0 fully saturated rings. The van der Waals surface area contributed by atoms with Gasteiger partial charge in [-0.2, -0.15) is 4.98 Å². The number of methoxy groups -OCH3 is 1. The number of amides is 1. The highest BCUT2D eigenvalue weighted by Crippen LogP contribution is 2.33. The Morgan fingerprint density at radius 2 is 2.00 bits per heavy atom. The van der Waals surface area contributed by atoms with Crippen molar-refractivity contribution in [3.8, 4) is 5.88 Å². The normalized spacial score (nSPS) is 12.5. The molecule has 0 aliphatic carbocycles. The standard InChI is InChI=1S/C24H25FN4O3/c1-31-14-4-12-26-22(30)20-15-27-24(29-13-11-18-5-2-3-6-21(18)29)28-23(20)32-16-17-7-9-19(25)10-8-17/h2-3,5-10,15H,4,11-14,16H2,1H3,(H,26,30). The van der Waals surface area contributed by atoms with E-state index in [1.54, 1.807) is 19.2 Å². The summed E-state index contributed by atoms with van der Waals surface area (Å²) in [5.41, 5.74) is 3.30. The zero-order valence-corrected chi connectivity index (χ0v) is 17.9. The molecule has 0 bridgehead atoms. The number of aromatic nitrogens is 2. The first kappa shape index (κ1) is 21.7. The number of carbonyl (C=O) groups excluding carboxylic acids is 1. The summed E-state index contributed by atoms with van der Waals surface area (Å²) in [5, 5.41) is 2.84. The fourth-order valence-corrected chi connectivity index (χ4v) is 3.55. The third-order valence-electron chi connectivity index (χ3n) is 5.21. The minimum absolute atomic E-state index is 0.150. The van der Waals surface area contributed by atoms with Crippen LogP contribution in [0.15, 0.2) is 54.7 Å². The fraction of sp³-hybridized carbons (Fsp3) is 0.292. The van der Waals surface area contributed by atoms with E-state index in [1.807, 2.05) is 23.1 Å². The molecule has 1 aromatic heterocycles. The van der Waals surface area contributed by atoms with Gasteiger partial charge >= 0.3 is 0 Å². The van der Waals surface area contributed by atoms with Crippen LogP contribution in [0.2, 0.25) is 0 Å². The molecule has 0 saturated carbocycles. The van der Waals surface area contributed by atoms with Gasteiger partial charge in [0.25, 0.3) is 5.91 Å². The number of hydrogen-bond acceptors (Lipinski definition) is 6. The maximum absolute atomic E-state index is 13.2. The van der Waals surface area contributed by atoms with Crippen LogP contribution in [-0.2, 0) is 17.8 Å². The number of fused-ring (bicyclic) bond motifs is 1. The lowest BCUT2D eigenvalue weighted by molar-refractivity contribution is 0.0942. The van der Waals surface area contributed by atoms with E-state index in [0.717, 1.165) is 24.2 Å². The van der Waals surface area contributed by atoms with Gasteiger partial charge in [-0.1, -0.05) is 30.3 Å². The molecule has 1 aliphatic rings. The number of ether oxygens (including phenoxy) is 2. The summed E-state index contributed by atoms with van der Waals surface area (Å²) in [5.74, 6) is 0.0263. The molecule has 1 N–H and O–H groups in total. The zero-order valence-electron chi connectivity index (χ0n) is 17.9. The van der Waals surface area contributed by atoms with E-state index in [9.17, 15) is 9.18 Å². The summed E-state index contributed by atoms with van der Waals surface area (Å²) < 4.78 is 24.1. The van der Waals surface area contributed by atoms with Crippen molar-refractivity contribution < 1.29 is 18.7 Å². The minimum atomic E-state index is -0.318. The molecule has 1 amide bonds. The molecule has 7 nitrogen and oxygen atoms in total. The Morgan fingerprint density at radius 3 is 2.81 bits per heavy atom. The highest BCUT2D eigenvalue weighted by Gasteiger charge is 2.24. The Labute approximate surface area is 186 Å². The van der Waals surface area contributed by atoms with Crippen LogP contribution in [0.4, 0.5) is 16.0 Å². The van der Waals surface area contributed by atoms with Gasteiger partial charge in [-0.05, 0) is 42.2 Å². The van der Waals surface area contributed by atoms with Gasteiger partial charge in [0.1, 0.15) is 18.0 Å². The van der Waals surface area contributed by atoms with E-state index < -0.39 is 0 Å². The molecule has 0 atom stereocenters. The summed E-state index contributed by atoms with van der Waals surface area (Å²) in [4.78, 5) is 23.8. The summed E-state index contributed by atoms with van der Waals surface area (Å²) in [6.45, 7) is 1.92. The smallest absolute Gasteiger partial charge is 0.258 e. The Balaban J connectivity index is 1.57. The lowest BCUT2D eigenvalue weighted by Crippen LogP contribution is -2.27. The summed E-state index contributed by atoms with van der Waals surface area (Å²) >= 11 is 0. The molecule has 3 aromatic rings. The first-order chi connectivity index (χ1) is 15.7. The predicted molar refractivity (Wildman–Crippen MR) is 119 cm³/mol. The maximum atomic E-state index is 13.2. The van der Waals surface area contributed by atoms with Crippen molar-refractivity contribution in [3.05, 3.63) is 77.2 Å². The third-order valence-corrected chi connectivity index (χ3v) is 5.21. The van der Waals surface area contributed by atoms with Crippen molar-refractivity contribution >= 4 is 17.5 Å². The third kappa shape index (κ3) is 5.03. The second kappa shape index (κ2) is 10.2. The molecule has 8 heteroatoms. The van der Waals surface area contributed by atoms with Gasteiger partial charge in [-0.25, -0.2) is 9.37 Å². The van der Waals surface area contributed by atoms with Crippen LogP contribution in [0.3, 0.4) is 0 Å². The molecular formula is C24H25FN4O3. The first-order valence-electron chi connectivity index (χ1n) is 10.5. The number of nitrogens with zero attached hydrogens (tertiary/aromatic N) is 3. The number of rotatable bonds is 9. The van der Waals surface area contributed by atoms with E-state index in [2.05, 4.69) is 21.4 Å². The van der Waals surface area contributed by atoms with Gasteiger partial charge in [0.05, 0.1) is 0 Å². The Bertz CT molecular complexity index is 1080. The summed E-state index contributed by atoms with van der Waals surface area (Å²) in [6.07, 6.45) is 3.08. The average Bonchev–Trinajstić information content (AvgIpc) is 3.25. The van der Waals surface area contributed by atoms with Gasteiger partial charge < -0.3 is 19.7 Å². The van der Waals surface area contributed by atoms with E-state index in [0.29, 0.717) is 25.5 Å². The van der Waals surface area contributed by atoms with Crippen LogP contribution in [0.1, 0.15) is 27.9 Å². The van der Waals surface area contributed by atoms with E-state index in [1.165, 1.54) is 23.9 Å². The molecule has 32 heavy (non-hydrogen) atoms. The van der Waals surface area contributed by atoms with Gasteiger partial charge in [0.2, 0.25) is 11.8 Å². The molecule has 2 aromatic carbocycles. The first-order valence-corrected chi connectivity index (χ1v) is 10.5. The number of para-hydroxylation sites is 1. The number of halogens is 1. The van der Waals surface area contributed by atoms with Crippen molar-refractivity contribution in [2.45, 2.75) is 19.4 Å². The number of benzene rings is 2. The Morgan fingerprint density at radius 1 is 1.19 bits per heavy atom. The number of anilines is 2. The lowest BCUT2D eigenvalue weighted by atomic mass is 10.2. The molecule has 0 saturated heterocycles. The van der Waals surface area contributed by atoms with E-state index in [4.69, 9.17) is 9.47 Å². The van der Waals surface area contributed by atoms with Gasteiger partial charge in [0.15, 0.2) is 0 Å². The summed E-state index contributed by atoms with van der Waals surface area (Å²) in [6, 6.07) is 14.1. The fourth-order valence-electron chi connectivity index (χ4n) is 3.55. The molecule has 166 valence electrons. The van der Waals surface area contributed by atoms with Crippen LogP contribution in [0, 0.1) is 5.82 Å². The molecular weight excluding hydrogens is 411 g/mol. The highest BCUT2D eigenvalue weighted by molar-refractivity contribution is 5.96. The largest absolute Gasteiger partial charge is 0.472 e. The zero-order chi connectivity index (χ0) is 22.3. The maximum Gasteiger partial charge on any atom is 0.258 e. The second-order valence-electron chi connectivity index (χ2n) is 7.44. The van der Waals surface area contributed by atoms with Gasteiger partial charge in [-0.3, -0.25) is 4.79 Å². The number of nitrogens with one attached hydrogen (secondary N) is 1. The van der Waals surface area contributed by atoms with Crippen LogP contribution in [-0.4, -0.2) is 42.7 Å². The lowest BCUT2D eigenvalue weighted by Gasteiger charge is -2.19. The topological polar surface area (TPSA) is 76.6 Å². The minimum Gasteiger partial charge on any atom is -0.472 e. The molecule has 0 spiro atoms. The average molecular weight is 436 g/mol. The summed E-state index contributed by atoms with van der Waals surface area (Å²) in [7, 11) is 1.62. The van der Waals surface area contributed by atoms with Crippen molar-refractivity contribution in [1.82, 2.24) is 15.3 Å². The monoisotopic (exact) mass is 436 g/mol.